The van der Waals surface area contributed by atoms with Gasteiger partial charge in [0, 0.05) is 25.3 Å². The van der Waals surface area contributed by atoms with Crippen LogP contribution in [0.15, 0.2) is 73.1 Å². The molecule has 1 fully saturated rings. The van der Waals surface area contributed by atoms with Crippen molar-refractivity contribution < 1.29 is 14.3 Å². The van der Waals surface area contributed by atoms with Crippen molar-refractivity contribution in [2.75, 3.05) is 25.4 Å². The van der Waals surface area contributed by atoms with Crippen molar-refractivity contribution in [3.8, 4) is 22.8 Å². The first kappa shape index (κ1) is 30.2. The number of nitrogens with zero attached hydrogens (tertiary/aromatic N) is 5. The summed E-state index contributed by atoms with van der Waals surface area (Å²) in [5.74, 6) is 2.48. The van der Waals surface area contributed by atoms with Crippen molar-refractivity contribution in [3.05, 3.63) is 73.1 Å². The zero-order valence-electron chi connectivity index (χ0n) is 25.6. The Hall–Kier alpha value is -4.24. The third kappa shape index (κ3) is 7.59. The molecule has 1 aliphatic heterocycles. The number of benzene rings is 2. The summed E-state index contributed by atoms with van der Waals surface area (Å²) in [6.07, 6.45) is 8.53. The summed E-state index contributed by atoms with van der Waals surface area (Å²) < 4.78 is 13.9. The van der Waals surface area contributed by atoms with Gasteiger partial charge >= 0.3 is 0 Å². The van der Waals surface area contributed by atoms with Gasteiger partial charge in [-0.05, 0) is 87.9 Å². The van der Waals surface area contributed by atoms with E-state index in [1.54, 1.807) is 6.08 Å². The van der Waals surface area contributed by atoms with Gasteiger partial charge in [-0.3, -0.25) is 4.79 Å². The van der Waals surface area contributed by atoms with Crippen molar-refractivity contribution in [3.63, 3.8) is 0 Å². The summed E-state index contributed by atoms with van der Waals surface area (Å²) in [4.78, 5) is 23.9. The van der Waals surface area contributed by atoms with Crippen LogP contribution in [0.25, 0.3) is 22.3 Å². The third-order valence-corrected chi connectivity index (χ3v) is 7.74. The zero-order chi connectivity index (χ0) is 30.4. The van der Waals surface area contributed by atoms with Crippen LogP contribution in [0.2, 0.25) is 0 Å². The van der Waals surface area contributed by atoms with Crippen molar-refractivity contribution in [1.82, 2.24) is 24.6 Å². The van der Waals surface area contributed by atoms with Gasteiger partial charge in [-0.2, -0.15) is 5.10 Å². The van der Waals surface area contributed by atoms with Crippen molar-refractivity contribution in [2.24, 2.45) is 5.92 Å². The lowest BCUT2D eigenvalue weighted by molar-refractivity contribution is -0.127. The number of rotatable bonds is 11. The van der Waals surface area contributed by atoms with E-state index < -0.39 is 0 Å². The monoisotopic (exact) mass is 582 g/mol. The molecule has 0 bridgehead atoms. The number of ether oxygens (including phenoxy) is 2. The number of likely N-dealkylation sites (tertiary alicyclic amines) is 1. The van der Waals surface area contributed by atoms with Crippen LogP contribution < -0.4 is 10.5 Å². The Morgan fingerprint density at radius 1 is 1.09 bits per heavy atom. The molecule has 9 heteroatoms. The number of nitrogen functional groups attached to an aromatic ring is 1. The molecule has 1 amide bonds. The van der Waals surface area contributed by atoms with Crippen LogP contribution in [0.4, 0.5) is 5.82 Å². The molecular formula is C34H42N6O3. The van der Waals surface area contributed by atoms with Gasteiger partial charge in [-0.1, -0.05) is 38.1 Å². The topological polar surface area (TPSA) is 108 Å². The maximum absolute atomic E-state index is 13.2. The standard InChI is InChI=1S/C34H42N6O3/c1-24(2)18-21-42-34(3,4)19-8-13-29(41)39-20-9-10-26(22-39)40-33-30(32(35)36-23-37-33)31(38-40)25-14-16-28(17-15-25)43-27-11-6-5-7-12-27/h5-8,11-17,23-24,26H,9-10,18-22H2,1-4H3,(H2,35,36,37)/b13-8+/t26-/m1/s1. The number of hydrogen-bond acceptors (Lipinski definition) is 7. The molecule has 9 nitrogen and oxygen atoms in total. The van der Waals surface area contributed by atoms with Crippen LogP contribution in [0.5, 0.6) is 11.5 Å². The molecule has 0 aliphatic carbocycles. The fourth-order valence-electron chi connectivity index (χ4n) is 5.29. The van der Waals surface area contributed by atoms with Crippen molar-refractivity contribution >= 4 is 22.8 Å². The molecule has 5 rings (SSSR count). The van der Waals surface area contributed by atoms with Crippen LogP contribution in [0, 0.1) is 5.92 Å². The van der Waals surface area contributed by atoms with Gasteiger partial charge in [0.15, 0.2) is 5.65 Å². The highest BCUT2D eigenvalue weighted by Gasteiger charge is 2.28. The van der Waals surface area contributed by atoms with Crippen LogP contribution in [-0.2, 0) is 9.53 Å². The minimum atomic E-state index is -0.314. The van der Waals surface area contributed by atoms with Crippen molar-refractivity contribution in [1.29, 1.82) is 0 Å². The van der Waals surface area contributed by atoms with Crippen LogP contribution in [0.1, 0.15) is 59.4 Å². The van der Waals surface area contributed by atoms with Gasteiger partial charge in [0.05, 0.1) is 17.0 Å². The first-order chi connectivity index (χ1) is 20.7. The quantitative estimate of drug-likeness (QED) is 0.193. The maximum Gasteiger partial charge on any atom is 0.246 e. The summed E-state index contributed by atoms with van der Waals surface area (Å²) in [6, 6.07) is 17.4. The Bertz CT molecular complexity index is 1550. The normalized spacial score (nSPS) is 15.9. The summed E-state index contributed by atoms with van der Waals surface area (Å²) in [5.41, 5.74) is 8.32. The van der Waals surface area contributed by atoms with E-state index in [-0.39, 0.29) is 17.6 Å². The number of carbonyl (C=O) groups excluding carboxylic acids is 1. The summed E-state index contributed by atoms with van der Waals surface area (Å²) in [7, 11) is 0. The fourth-order valence-corrected chi connectivity index (χ4v) is 5.29. The predicted octanol–water partition coefficient (Wildman–Crippen LogP) is 6.82. The largest absolute Gasteiger partial charge is 0.457 e. The highest BCUT2D eigenvalue weighted by molar-refractivity contribution is 5.98. The number of fused-ring (bicyclic) bond motifs is 1. The van der Waals surface area contributed by atoms with Gasteiger partial charge in [0.25, 0.3) is 0 Å². The highest BCUT2D eigenvalue weighted by Crippen LogP contribution is 2.35. The number of para-hydroxylation sites is 1. The molecule has 2 N–H and O–H groups in total. The zero-order valence-corrected chi connectivity index (χ0v) is 25.6. The van der Waals surface area contributed by atoms with E-state index in [0.29, 0.717) is 48.0 Å². The molecule has 226 valence electrons. The molecule has 1 saturated heterocycles. The smallest absolute Gasteiger partial charge is 0.246 e. The minimum absolute atomic E-state index is 0.00232. The van der Waals surface area contributed by atoms with Gasteiger partial charge in [0.1, 0.15) is 29.3 Å². The number of anilines is 1. The lowest BCUT2D eigenvalue weighted by atomic mass is 10.0. The Kier molecular flexibility index (Phi) is 9.40. The Labute approximate surface area is 253 Å². The van der Waals surface area contributed by atoms with Crippen molar-refractivity contribution in [2.45, 2.75) is 65.0 Å². The molecule has 1 atom stereocenters. The lowest BCUT2D eigenvalue weighted by Crippen LogP contribution is -2.40. The number of hydrogen-bond donors (Lipinski definition) is 1. The van der Waals surface area contributed by atoms with Gasteiger partial charge in [0.2, 0.25) is 5.91 Å². The molecule has 43 heavy (non-hydrogen) atoms. The second-order valence-corrected chi connectivity index (χ2v) is 12.2. The van der Waals surface area contributed by atoms with Crippen LogP contribution >= 0.6 is 0 Å². The SMILES string of the molecule is CC(C)CCOC(C)(C)C/C=C/C(=O)N1CCC[C@@H](n2nc(-c3ccc(Oc4ccccc4)cc3)c3c(N)ncnc32)C1. The molecule has 0 radical (unpaired) electrons. The molecule has 1 aliphatic rings. The Balaban J connectivity index is 1.31. The lowest BCUT2D eigenvalue weighted by Gasteiger charge is -2.32. The molecule has 0 spiro atoms. The maximum atomic E-state index is 13.2. The van der Waals surface area contributed by atoms with E-state index in [0.717, 1.165) is 42.9 Å². The van der Waals surface area contributed by atoms with E-state index >= 15 is 0 Å². The molecule has 2 aromatic heterocycles. The predicted molar refractivity (Wildman–Crippen MR) is 170 cm³/mol. The number of amides is 1. The number of piperidine rings is 1. The van der Waals surface area contributed by atoms with E-state index in [4.69, 9.17) is 20.3 Å². The summed E-state index contributed by atoms with van der Waals surface area (Å²) in [6.45, 7) is 10.5. The van der Waals surface area contributed by atoms with Crippen LogP contribution in [0.3, 0.4) is 0 Å². The van der Waals surface area contributed by atoms with E-state index in [2.05, 4.69) is 37.7 Å². The number of aromatic nitrogens is 4. The summed E-state index contributed by atoms with van der Waals surface area (Å²) in [5, 5.41) is 5.72. The second-order valence-electron chi connectivity index (χ2n) is 12.2. The third-order valence-electron chi connectivity index (χ3n) is 7.74. The first-order valence-electron chi connectivity index (χ1n) is 15.1. The van der Waals surface area contributed by atoms with Crippen LogP contribution in [-0.4, -0.2) is 55.9 Å². The molecular weight excluding hydrogens is 540 g/mol. The van der Waals surface area contributed by atoms with Gasteiger partial charge in [-0.15, -0.1) is 0 Å². The Morgan fingerprint density at radius 2 is 1.84 bits per heavy atom. The number of nitrogens with two attached hydrogens (primary N) is 1. The van der Waals surface area contributed by atoms with E-state index in [1.165, 1.54) is 6.33 Å². The van der Waals surface area contributed by atoms with Gasteiger partial charge < -0.3 is 20.1 Å². The first-order valence-corrected chi connectivity index (χ1v) is 15.1. The molecule has 4 aromatic rings. The fraction of sp³-hybridized carbons (Fsp3) is 0.412. The molecule has 2 aromatic carbocycles. The van der Waals surface area contributed by atoms with E-state index in [9.17, 15) is 4.79 Å². The minimum Gasteiger partial charge on any atom is -0.457 e. The average Bonchev–Trinajstić information content (AvgIpc) is 3.39. The molecule has 0 saturated carbocycles. The molecule has 0 unspecified atom stereocenters. The Morgan fingerprint density at radius 3 is 2.58 bits per heavy atom. The van der Waals surface area contributed by atoms with Gasteiger partial charge in [-0.25, -0.2) is 14.6 Å². The summed E-state index contributed by atoms with van der Waals surface area (Å²) >= 11 is 0. The average molecular weight is 583 g/mol. The highest BCUT2D eigenvalue weighted by atomic mass is 16.5. The second kappa shape index (κ2) is 13.4. The molecule has 3 heterocycles. The number of carbonyl (C=O) groups is 1. The van der Waals surface area contributed by atoms with E-state index in [1.807, 2.05) is 70.3 Å².